The highest BCUT2D eigenvalue weighted by Crippen LogP contribution is 2.19. The maximum Gasteiger partial charge on any atom is 0.305 e. The Morgan fingerprint density at radius 1 is 1.08 bits per heavy atom. The Balaban J connectivity index is 1.82. The number of esters is 1. The number of benzene rings is 1. The molecule has 0 aliphatic rings. The molecule has 2 aromatic rings. The lowest BCUT2D eigenvalue weighted by molar-refractivity contribution is -0.140. The number of pyridine rings is 1. The lowest BCUT2D eigenvalue weighted by atomic mass is 10.2. The van der Waals surface area contributed by atoms with E-state index in [0.29, 0.717) is 18.7 Å². The molecule has 1 aromatic heterocycles. The van der Waals surface area contributed by atoms with E-state index in [-0.39, 0.29) is 11.9 Å². The van der Waals surface area contributed by atoms with Crippen LogP contribution in [0.1, 0.15) is 36.2 Å². The quantitative estimate of drug-likeness (QED) is 0.595. The highest BCUT2D eigenvalue weighted by Gasteiger charge is 2.08. The smallest absolute Gasteiger partial charge is 0.305 e. The van der Waals surface area contributed by atoms with Crippen molar-refractivity contribution in [1.29, 1.82) is 0 Å². The Bertz CT molecular complexity index is 715. The van der Waals surface area contributed by atoms with Gasteiger partial charge in [-0.05, 0) is 37.1 Å². The van der Waals surface area contributed by atoms with E-state index < -0.39 is 0 Å². The van der Waals surface area contributed by atoms with E-state index in [4.69, 9.17) is 4.74 Å². The number of hydrogen-bond donors (Lipinski definition) is 1. The molecule has 128 valence electrons. The number of rotatable bonds is 8. The van der Waals surface area contributed by atoms with Crippen LogP contribution in [0.4, 0.5) is 0 Å². The summed E-state index contributed by atoms with van der Waals surface area (Å²) >= 11 is 0. The molecule has 6 heteroatoms. The Hall–Kier alpha value is -2.63. The molecule has 24 heavy (non-hydrogen) atoms. The van der Waals surface area contributed by atoms with Gasteiger partial charge in [-0.15, -0.1) is 0 Å². The van der Waals surface area contributed by atoms with Gasteiger partial charge in [-0.2, -0.15) is 0 Å². The molecule has 1 aromatic carbocycles. The van der Waals surface area contributed by atoms with Gasteiger partial charge in [-0.3, -0.25) is 9.59 Å². The van der Waals surface area contributed by atoms with Gasteiger partial charge < -0.3 is 14.8 Å². The van der Waals surface area contributed by atoms with Crippen LogP contribution in [0.3, 0.4) is 0 Å². The lowest BCUT2D eigenvalue weighted by Gasteiger charge is -2.06. The maximum atomic E-state index is 12.1. The summed E-state index contributed by atoms with van der Waals surface area (Å²) in [5.74, 6) is 0.366. The average Bonchev–Trinajstić information content (AvgIpc) is 2.63. The Labute approximate surface area is 141 Å². The second-order valence-electron chi connectivity index (χ2n) is 5.40. The monoisotopic (exact) mass is 330 g/mol. The third-order valence-electron chi connectivity index (χ3n) is 3.70. The summed E-state index contributed by atoms with van der Waals surface area (Å²) in [7, 11) is 3.00. The summed E-state index contributed by atoms with van der Waals surface area (Å²) in [6.07, 6.45) is 2.85. The molecule has 0 fully saturated rings. The van der Waals surface area contributed by atoms with E-state index in [1.165, 1.54) is 7.11 Å². The van der Waals surface area contributed by atoms with Crippen LogP contribution in [0.5, 0.6) is 5.75 Å². The first-order chi connectivity index (χ1) is 11.6. The van der Waals surface area contributed by atoms with Crippen molar-refractivity contribution in [3.8, 4) is 5.75 Å². The van der Waals surface area contributed by atoms with E-state index in [9.17, 15) is 9.59 Å². The molecule has 6 nitrogen and oxygen atoms in total. The second kappa shape index (κ2) is 8.86. The minimum atomic E-state index is -0.198. The van der Waals surface area contributed by atoms with Crippen molar-refractivity contribution < 1.29 is 19.1 Å². The van der Waals surface area contributed by atoms with Gasteiger partial charge in [0.25, 0.3) is 5.91 Å². The Kier molecular flexibility index (Phi) is 6.54. The highest BCUT2D eigenvalue weighted by atomic mass is 16.5. The van der Waals surface area contributed by atoms with Crippen LogP contribution >= 0.6 is 0 Å². The standard InChI is InChI=1S/C18H22N2O4/c1-23-14-8-10-15-13(12-14)7-9-16(20-15)18(22)19-11-5-3-4-6-17(21)24-2/h7-10,12H,3-6,11H2,1-2H3,(H,19,22). The Morgan fingerprint density at radius 2 is 1.92 bits per heavy atom. The maximum absolute atomic E-state index is 12.1. The molecule has 0 bridgehead atoms. The average molecular weight is 330 g/mol. The molecule has 1 N–H and O–H groups in total. The summed E-state index contributed by atoms with van der Waals surface area (Å²) in [6, 6.07) is 9.09. The van der Waals surface area contributed by atoms with E-state index in [1.807, 2.05) is 24.3 Å². The number of unbranched alkanes of at least 4 members (excludes halogenated alkanes) is 2. The van der Waals surface area contributed by atoms with E-state index in [2.05, 4.69) is 15.0 Å². The van der Waals surface area contributed by atoms with Crippen molar-refractivity contribution in [2.75, 3.05) is 20.8 Å². The van der Waals surface area contributed by atoms with Crippen LogP contribution in [0, 0.1) is 0 Å². The number of ether oxygens (including phenoxy) is 2. The largest absolute Gasteiger partial charge is 0.497 e. The fraction of sp³-hybridized carbons (Fsp3) is 0.389. The zero-order chi connectivity index (χ0) is 17.4. The van der Waals surface area contributed by atoms with Gasteiger partial charge in [0, 0.05) is 18.4 Å². The number of hydrogen-bond acceptors (Lipinski definition) is 5. The molecule has 0 atom stereocenters. The minimum absolute atomic E-state index is 0.194. The molecule has 0 saturated heterocycles. The first kappa shape index (κ1) is 17.7. The van der Waals surface area contributed by atoms with E-state index >= 15 is 0 Å². The number of nitrogens with zero attached hydrogens (tertiary/aromatic N) is 1. The van der Waals surface area contributed by atoms with Gasteiger partial charge in [-0.1, -0.05) is 12.5 Å². The van der Waals surface area contributed by atoms with Gasteiger partial charge >= 0.3 is 5.97 Å². The number of nitrogens with one attached hydrogen (secondary N) is 1. The molecule has 2 rings (SSSR count). The predicted octanol–water partition coefficient (Wildman–Crippen LogP) is 2.71. The summed E-state index contributed by atoms with van der Waals surface area (Å²) in [5.41, 5.74) is 1.14. The molecular weight excluding hydrogens is 308 g/mol. The summed E-state index contributed by atoms with van der Waals surface area (Å²) in [5, 5.41) is 3.77. The summed E-state index contributed by atoms with van der Waals surface area (Å²) in [6.45, 7) is 0.558. The van der Waals surface area contributed by atoms with Crippen LogP contribution in [-0.4, -0.2) is 37.6 Å². The summed E-state index contributed by atoms with van der Waals surface area (Å²) in [4.78, 5) is 27.5. The molecule has 0 radical (unpaired) electrons. The topological polar surface area (TPSA) is 77.5 Å². The van der Waals surface area contributed by atoms with Crippen LogP contribution in [0.15, 0.2) is 30.3 Å². The van der Waals surface area contributed by atoms with Crippen molar-refractivity contribution in [3.63, 3.8) is 0 Å². The normalized spacial score (nSPS) is 10.4. The minimum Gasteiger partial charge on any atom is -0.497 e. The van der Waals surface area contributed by atoms with E-state index in [0.717, 1.165) is 35.9 Å². The van der Waals surface area contributed by atoms with Crippen molar-refractivity contribution in [2.24, 2.45) is 0 Å². The van der Waals surface area contributed by atoms with Crippen molar-refractivity contribution in [3.05, 3.63) is 36.0 Å². The Morgan fingerprint density at radius 3 is 2.67 bits per heavy atom. The lowest BCUT2D eigenvalue weighted by Crippen LogP contribution is -2.25. The number of aromatic nitrogens is 1. The molecule has 0 aliphatic carbocycles. The second-order valence-corrected chi connectivity index (χ2v) is 5.40. The third-order valence-corrected chi connectivity index (χ3v) is 3.70. The van der Waals surface area contributed by atoms with Crippen molar-refractivity contribution >= 4 is 22.8 Å². The third kappa shape index (κ3) is 4.94. The number of carbonyl (C=O) groups excluding carboxylic acids is 2. The molecule has 0 unspecified atom stereocenters. The van der Waals surface area contributed by atoms with E-state index in [1.54, 1.807) is 13.2 Å². The fourth-order valence-corrected chi connectivity index (χ4v) is 2.32. The molecule has 1 amide bonds. The van der Waals surface area contributed by atoms with Crippen molar-refractivity contribution in [2.45, 2.75) is 25.7 Å². The zero-order valence-electron chi connectivity index (χ0n) is 14.0. The first-order valence-corrected chi connectivity index (χ1v) is 7.94. The highest BCUT2D eigenvalue weighted by molar-refractivity contribution is 5.95. The molecule has 0 aliphatic heterocycles. The van der Waals surface area contributed by atoms with Gasteiger partial charge in [0.1, 0.15) is 11.4 Å². The predicted molar refractivity (Wildman–Crippen MR) is 91.1 cm³/mol. The van der Waals surface area contributed by atoms with Gasteiger partial charge in [-0.25, -0.2) is 4.98 Å². The first-order valence-electron chi connectivity index (χ1n) is 7.94. The van der Waals surface area contributed by atoms with Gasteiger partial charge in [0.2, 0.25) is 0 Å². The molecule has 1 heterocycles. The van der Waals surface area contributed by atoms with Gasteiger partial charge in [0.15, 0.2) is 0 Å². The summed E-state index contributed by atoms with van der Waals surface area (Å²) < 4.78 is 9.75. The van der Waals surface area contributed by atoms with Gasteiger partial charge in [0.05, 0.1) is 19.7 Å². The van der Waals surface area contributed by atoms with Crippen LogP contribution in [-0.2, 0) is 9.53 Å². The number of methoxy groups -OCH3 is 2. The fourth-order valence-electron chi connectivity index (χ4n) is 2.32. The zero-order valence-corrected chi connectivity index (χ0v) is 14.0. The number of amides is 1. The van der Waals surface area contributed by atoms with Crippen LogP contribution in [0.25, 0.3) is 10.9 Å². The number of carbonyl (C=O) groups is 2. The molecular formula is C18H22N2O4. The van der Waals surface area contributed by atoms with Crippen molar-refractivity contribution in [1.82, 2.24) is 10.3 Å². The molecule has 0 saturated carbocycles. The SMILES string of the molecule is COC(=O)CCCCCNC(=O)c1ccc2cc(OC)ccc2n1. The number of fused-ring (bicyclic) bond motifs is 1. The van der Waals surface area contributed by atoms with Crippen LogP contribution in [0.2, 0.25) is 0 Å². The molecule has 0 spiro atoms. The van der Waals surface area contributed by atoms with Crippen LogP contribution < -0.4 is 10.1 Å².